The van der Waals surface area contributed by atoms with Crippen LogP contribution in [0, 0.1) is 11.6 Å². The average Bonchev–Trinajstić information content (AvgIpc) is 2.73. The molecular weight excluding hydrogens is 452 g/mol. The Morgan fingerprint density at radius 1 is 1.13 bits per heavy atom. The molecule has 0 radical (unpaired) electrons. The molecule has 3 rings (SSSR count). The van der Waals surface area contributed by atoms with E-state index in [4.69, 9.17) is 16.3 Å². The lowest BCUT2D eigenvalue weighted by Crippen LogP contribution is -2.54. The molecule has 0 spiro atoms. The van der Waals surface area contributed by atoms with Gasteiger partial charge in [-0.2, -0.15) is 4.31 Å². The number of nitrogens with zero attached hydrogens (tertiary/aromatic N) is 2. The Morgan fingerprint density at radius 2 is 1.74 bits per heavy atom. The Kier molecular flexibility index (Phi) is 7.15. The number of rotatable bonds is 6. The van der Waals surface area contributed by atoms with Gasteiger partial charge in [-0.15, -0.1) is 0 Å². The Labute approximate surface area is 184 Å². The van der Waals surface area contributed by atoms with E-state index in [0.717, 1.165) is 22.5 Å². The minimum atomic E-state index is -4.33. The van der Waals surface area contributed by atoms with Gasteiger partial charge in [0, 0.05) is 31.2 Å². The molecule has 1 heterocycles. The molecule has 1 N–H and O–H groups in total. The lowest BCUT2D eigenvalue weighted by Gasteiger charge is -2.36. The molecule has 7 nitrogen and oxygen atoms in total. The van der Waals surface area contributed by atoms with Gasteiger partial charge in [0.25, 0.3) is 0 Å². The molecule has 1 aliphatic heterocycles. The van der Waals surface area contributed by atoms with Gasteiger partial charge >= 0.3 is 0 Å². The predicted octanol–water partition coefficient (Wildman–Crippen LogP) is 2.96. The number of hydrogen-bond donors (Lipinski definition) is 1. The Hall–Kier alpha value is -2.27. The SMILES string of the molecule is COc1ccc(Cl)cc1NC(=O)C(C)N1CCN(S(=O)(=O)c2c(F)cccc2F)CC1. The number of benzene rings is 2. The van der Waals surface area contributed by atoms with E-state index >= 15 is 0 Å². The molecule has 168 valence electrons. The van der Waals surface area contributed by atoms with Crippen molar-refractivity contribution < 1.29 is 26.7 Å². The van der Waals surface area contributed by atoms with Crippen LogP contribution in [0.5, 0.6) is 5.75 Å². The van der Waals surface area contributed by atoms with Gasteiger partial charge in [0.2, 0.25) is 15.9 Å². The fourth-order valence-electron chi connectivity index (χ4n) is 3.37. The number of hydrogen-bond acceptors (Lipinski definition) is 5. The topological polar surface area (TPSA) is 79.0 Å². The van der Waals surface area contributed by atoms with Crippen molar-refractivity contribution in [3.05, 3.63) is 53.1 Å². The number of methoxy groups -OCH3 is 1. The third-order valence-electron chi connectivity index (χ3n) is 5.14. The highest BCUT2D eigenvalue weighted by Crippen LogP contribution is 2.28. The van der Waals surface area contributed by atoms with Gasteiger partial charge in [0.05, 0.1) is 18.8 Å². The summed E-state index contributed by atoms with van der Waals surface area (Å²) in [4.78, 5) is 13.5. The second-order valence-electron chi connectivity index (χ2n) is 7.00. The number of carbonyl (C=O) groups is 1. The van der Waals surface area contributed by atoms with E-state index in [2.05, 4.69) is 5.32 Å². The molecule has 1 unspecified atom stereocenters. The van der Waals surface area contributed by atoms with E-state index in [1.807, 2.05) is 0 Å². The van der Waals surface area contributed by atoms with Crippen molar-refractivity contribution in [2.75, 3.05) is 38.6 Å². The maximum atomic E-state index is 14.0. The third-order valence-corrected chi connectivity index (χ3v) is 7.32. The number of nitrogens with one attached hydrogen (secondary N) is 1. The molecule has 2 aromatic carbocycles. The highest BCUT2D eigenvalue weighted by Gasteiger charge is 2.35. The molecule has 0 aromatic heterocycles. The second-order valence-corrected chi connectivity index (χ2v) is 9.31. The highest BCUT2D eigenvalue weighted by molar-refractivity contribution is 7.89. The van der Waals surface area contributed by atoms with Crippen molar-refractivity contribution in [3.8, 4) is 5.75 Å². The average molecular weight is 474 g/mol. The van der Waals surface area contributed by atoms with Crippen molar-refractivity contribution in [2.24, 2.45) is 0 Å². The summed E-state index contributed by atoms with van der Waals surface area (Å²) < 4.78 is 59.6. The summed E-state index contributed by atoms with van der Waals surface area (Å²) in [7, 11) is -2.86. The summed E-state index contributed by atoms with van der Waals surface area (Å²) in [5.74, 6) is -2.14. The Balaban J connectivity index is 1.66. The summed E-state index contributed by atoms with van der Waals surface area (Å²) in [6.07, 6.45) is 0. The first-order valence-corrected chi connectivity index (χ1v) is 11.3. The molecule has 0 aliphatic carbocycles. The number of carbonyl (C=O) groups excluding carboxylic acids is 1. The number of anilines is 1. The molecule has 1 saturated heterocycles. The van der Waals surface area contributed by atoms with Gasteiger partial charge in [0.15, 0.2) is 4.90 Å². The third kappa shape index (κ3) is 4.98. The summed E-state index contributed by atoms with van der Waals surface area (Å²) in [6.45, 7) is 2.11. The zero-order valence-electron chi connectivity index (χ0n) is 16.9. The Bertz CT molecular complexity index is 1060. The molecule has 2 aromatic rings. The van der Waals surface area contributed by atoms with Crippen LogP contribution in [0.4, 0.5) is 14.5 Å². The van der Waals surface area contributed by atoms with E-state index in [-0.39, 0.29) is 32.1 Å². The first-order chi connectivity index (χ1) is 14.6. The molecule has 11 heteroatoms. The summed E-state index contributed by atoms with van der Waals surface area (Å²) in [6, 6.07) is 7.17. The van der Waals surface area contributed by atoms with Crippen LogP contribution in [-0.4, -0.2) is 62.9 Å². The molecular formula is C20H22ClF2N3O4S. The molecule has 1 amide bonds. The number of ether oxygens (including phenoxy) is 1. The lowest BCUT2D eigenvalue weighted by molar-refractivity contribution is -0.121. The van der Waals surface area contributed by atoms with Gasteiger partial charge in [-0.25, -0.2) is 17.2 Å². The van der Waals surface area contributed by atoms with Crippen molar-refractivity contribution in [3.63, 3.8) is 0 Å². The summed E-state index contributed by atoms with van der Waals surface area (Å²) >= 11 is 5.98. The standard InChI is InChI=1S/C20H22ClF2N3O4S/c1-13(20(27)24-17-12-14(21)6-7-18(17)30-2)25-8-10-26(11-9-25)31(28,29)19-15(22)4-3-5-16(19)23/h3-7,12-13H,8-11H2,1-2H3,(H,24,27). The van der Waals surface area contributed by atoms with Gasteiger partial charge in [-0.05, 0) is 37.3 Å². The lowest BCUT2D eigenvalue weighted by atomic mass is 10.2. The van der Waals surface area contributed by atoms with Crippen LogP contribution >= 0.6 is 11.6 Å². The quantitative estimate of drug-likeness (QED) is 0.698. The second kappa shape index (κ2) is 9.47. The number of amides is 1. The van der Waals surface area contributed by atoms with E-state index in [0.29, 0.717) is 16.5 Å². The monoisotopic (exact) mass is 473 g/mol. The van der Waals surface area contributed by atoms with Gasteiger partial charge < -0.3 is 10.1 Å². The van der Waals surface area contributed by atoms with E-state index < -0.39 is 32.6 Å². The first kappa shape index (κ1) is 23.4. The highest BCUT2D eigenvalue weighted by atomic mass is 35.5. The van der Waals surface area contributed by atoms with Crippen LogP contribution in [0.2, 0.25) is 5.02 Å². The van der Waals surface area contributed by atoms with E-state index in [9.17, 15) is 22.0 Å². The smallest absolute Gasteiger partial charge is 0.249 e. The molecule has 0 bridgehead atoms. The van der Waals surface area contributed by atoms with Gasteiger partial charge in [0.1, 0.15) is 17.4 Å². The van der Waals surface area contributed by atoms with Crippen molar-refractivity contribution >= 4 is 33.2 Å². The molecule has 31 heavy (non-hydrogen) atoms. The number of sulfonamides is 1. The number of piperazine rings is 1. The van der Waals surface area contributed by atoms with Crippen LogP contribution in [-0.2, 0) is 14.8 Å². The van der Waals surface area contributed by atoms with Crippen molar-refractivity contribution in [1.29, 1.82) is 0 Å². The largest absolute Gasteiger partial charge is 0.495 e. The van der Waals surface area contributed by atoms with Crippen LogP contribution in [0.15, 0.2) is 41.3 Å². The van der Waals surface area contributed by atoms with Gasteiger partial charge in [-0.1, -0.05) is 17.7 Å². The minimum Gasteiger partial charge on any atom is -0.495 e. The number of halogens is 3. The van der Waals surface area contributed by atoms with Gasteiger partial charge in [-0.3, -0.25) is 9.69 Å². The predicted molar refractivity (Wildman–Crippen MR) is 113 cm³/mol. The maximum absolute atomic E-state index is 14.0. The fraction of sp³-hybridized carbons (Fsp3) is 0.350. The van der Waals surface area contributed by atoms with Crippen LogP contribution < -0.4 is 10.1 Å². The minimum absolute atomic E-state index is 0.00574. The van der Waals surface area contributed by atoms with E-state index in [1.54, 1.807) is 30.0 Å². The molecule has 1 aliphatic rings. The fourth-order valence-corrected chi connectivity index (χ4v) is 5.07. The normalized spacial score (nSPS) is 16.7. The first-order valence-electron chi connectivity index (χ1n) is 9.47. The summed E-state index contributed by atoms with van der Waals surface area (Å²) in [5, 5.41) is 3.19. The Morgan fingerprint density at radius 3 is 2.32 bits per heavy atom. The zero-order valence-corrected chi connectivity index (χ0v) is 18.5. The van der Waals surface area contributed by atoms with Crippen LogP contribution in [0.1, 0.15) is 6.92 Å². The zero-order chi connectivity index (χ0) is 22.8. The van der Waals surface area contributed by atoms with Crippen LogP contribution in [0.3, 0.4) is 0 Å². The van der Waals surface area contributed by atoms with Crippen molar-refractivity contribution in [2.45, 2.75) is 17.9 Å². The maximum Gasteiger partial charge on any atom is 0.249 e. The molecule has 0 saturated carbocycles. The van der Waals surface area contributed by atoms with Crippen LogP contribution in [0.25, 0.3) is 0 Å². The van der Waals surface area contributed by atoms with E-state index in [1.165, 1.54) is 7.11 Å². The molecule has 1 atom stereocenters. The summed E-state index contributed by atoms with van der Waals surface area (Å²) in [5.41, 5.74) is 0.420. The van der Waals surface area contributed by atoms with Crippen molar-refractivity contribution in [1.82, 2.24) is 9.21 Å². The molecule has 1 fully saturated rings.